The molecular formula is C27H22O7. The highest BCUT2D eigenvalue weighted by molar-refractivity contribution is 6.15. The summed E-state index contributed by atoms with van der Waals surface area (Å²) in [5, 5.41) is 0. The van der Waals surface area contributed by atoms with Gasteiger partial charge in [-0.1, -0.05) is 36.4 Å². The molecule has 5 rings (SSSR count). The van der Waals surface area contributed by atoms with Gasteiger partial charge in [0.25, 0.3) is 0 Å². The number of carbonyl (C=O) groups is 2. The van der Waals surface area contributed by atoms with E-state index in [0.717, 1.165) is 5.56 Å². The van der Waals surface area contributed by atoms with Gasteiger partial charge in [-0.15, -0.1) is 0 Å². The summed E-state index contributed by atoms with van der Waals surface area (Å²) in [7, 11) is 4.59. The van der Waals surface area contributed by atoms with E-state index in [1.54, 1.807) is 24.3 Å². The monoisotopic (exact) mass is 458 g/mol. The van der Waals surface area contributed by atoms with Gasteiger partial charge in [0.05, 0.1) is 33.3 Å². The number of allylic oxidation sites excluding steroid dienone is 1. The van der Waals surface area contributed by atoms with Gasteiger partial charge >= 0.3 is 5.97 Å². The zero-order valence-electron chi connectivity index (χ0n) is 18.9. The molecule has 0 spiro atoms. The largest absolute Gasteiger partial charge is 0.493 e. The highest BCUT2D eigenvalue weighted by atomic mass is 16.5. The van der Waals surface area contributed by atoms with Crippen molar-refractivity contribution in [3.8, 4) is 28.7 Å². The molecule has 2 aliphatic heterocycles. The summed E-state index contributed by atoms with van der Waals surface area (Å²) in [6.07, 6.45) is 1.75. The van der Waals surface area contributed by atoms with Gasteiger partial charge in [0, 0.05) is 17.0 Å². The maximum absolute atomic E-state index is 13.1. The summed E-state index contributed by atoms with van der Waals surface area (Å²) in [5.74, 6) is 1.21. The molecule has 1 atom stereocenters. The van der Waals surface area contributed by atoms with Crippen LogP contribution in [0.15, 0.2) is 60.4 Å². The Labute approximate surface area is 196 Å². The highest BCUT2D eigenvalue weighted by Gasteiger charge is 2.40. The van der Waals surface area contributed by atoms with Gasteiger partial charge in [0.15, 0.2) is 17.3 Å². The van der Waals surface area contributed by atoms with Gasteiger partial charge in [-0.25, -0.2) is 0 Å². The van der Waals surface area contributed by atoms with Crippen LogP contribution in [0.2, 0.25) is 0 Å². The van der Waals surface area contributed by atoms with E-state index in [0.29, 0.717) is 45.4 Å². The molecule has 0 saturated carbocycles. The number of methoxy groups -OCH3 is 3. The SMILES string of the molecule is COc1ccc(C2CC(=O)Oc3ccc4c(c32)O/C(=C\c2ccccc2)C4=O)c(OC)c1OC. The lowest BCUT2D eigenvalue weighted by Crippen LogP contribution is -2.22. The Kier molecular flexibility index (Phi) is 5.45. The van der Waals surface area contributed by atoms with E-state index in [1.807, 2.05) is 36.4 Å². The van der Waals surface area contributed by atoms with Crippen LogP contribution in [0.5, 0.6) is 28.7 Å². The Morgan fingerprint density at radius 1 is 0.853 bits per heavy atom. The van der Waals surface area contributed by atoms with Crippen LogP contribution >= 0.6 is 0 Å². The number of benzene rings is 3. The third-order valence-electron chi connectivity index (χ3n) is 5.99. The van der Waals surface area contributed by atoms with Crippen LogP contribution in [0, 0.1) is 0 Å². The quantitative estimate of drug-likeness (QED) is 0.310. The molecule has 0 aromatic heterocycles. The van der Waals surface area contributed by atoms with Crippen molar-refractivity contribution >= 4 is 17.8 Å². The standard InChI is InChI=1S/C27H22O7/c1-30-20-12-9-16(26(31-2)27(20)32-3)18-14-22(28)33-19-11-10-17-24(29)21(34-25(17)23(18)19)13-15-7-5-4-6-8-15/h4-13,18H,14H2,1-3H3/b21-13-. The van der Waals surface area contributed by atoms with Crippen molar-refractivity contribution in [1.29, 1.82) is 0 Å². The number of ether oxygens (including phenoxy) is 5. The van der Waals surface area contributed by atoms with Crippen molar-refractivity contribution < 1.29 is 33.3 Å². The minimum absolute atomic E-state index is 0.0462. The molecule has 0 bridgehead atoms. The van der Waals surface area contributed by atoms with Crippen LogP contribution in [-0.4, -0.2) is 33.1 Å². The lowest BCUT2D eigenvalue weighted by molar-refractivity contribution is -0.135. The summed E-state index contributed by atoms with van der Waals surface area (Å²) in [6.45, 7) is 0. The predicted molar refractivity (Wildman–Crippen MR) is 124 cm³/mol. The van der Waals surface area contributed by atoms with Crippen molar-refractivity contribution in [3.63, 3.8) is 0 Å². The number of ketones is 1. The molecule has 172 valence electrons. The molecule has 7 nitrogen and oxygen atoms in total. The Morgan fingerprint density at radius 3 is 2.32 bits per heavy atom. The van der Waals surface area contributed by atoms with E-state index in [1.165, 1.54) is 21.3 Å². The maximum Gasteiger partial charge on any atom is 0.312 e. The second-order valence-electron chi connectivity index (χ2n) is 7.86. The molecule has 3 aromatic carbocycles. The van der Waals surface area contributed by atoms with Crippen LogP contribution in [0.3, 0.4) is 0 Å². The number of carbonyl (C=O) groups excluding carboxylic acids is 2. The average Bonchev–Trinajstić information content (AvgIpc) is 3.17. The number of Topliss-reactive ketones (excluding diaryl/α,β-unsaturated/α-hetero) is 1. The fraction of sp³-hybridized carbons (Fsp3) is 0.185. The first-order valence-electron chi connectivity index (χ1n) is 10.7. The Bertz CT molecular complexity index is 1320. The van der Waals surface area contributed by atoms with E-state index in [4.69, 9.17) is 23.7 Å². The van der Waals surface area contributed by atoms with E-state index in [9.17, 15) is 9.59 Å². The average molecular weight is 458 g/mol. The molecule has 1 unspecified atom stereocenters. The van der Waals surface area contributed by atoms with Crippen molar-refractivity contribution in [2.24, 2.45) is 0 Å². The van der Waals surface area contributed by atoms with Gasteiger partial charge in [-0.05, 0) is 29.8 Å². The van der Waals surface area contributed by atoms with E-state index in [2.05, 4.69) is 0 Å². The number of rotatable bonds is 5. The maximum atomic E-state index is 13.1. The molecule has 34 heavy (non-hydrogen) atoms. The zero-order chi connectivity index (χ0) is 23.8. The first-order valence-corrected chi connectivity index (χ1v) is 10.7. The van der Waals surface area contributed by atoms with Gasteiger partial charge in [0.1, 0.15) is 11.5 Å². The second-order valence-corrected chi connectivity index (χ2v) is 7.86. The zero-order valence-corrected chi connectivity index (χ0v) is 18.9. The van der Waals surface area contributed by atoms with Gasteiger partial charge in [0.2, 0.25) is 11.5 Å². The van der Waals surface area contributed by atoms with Gasteiger partial charge < -0.3 is 23.7 Å². The normalized spacial score (nSPS) is 17.5. The Balaban J connectivity index is 1.66. The molecular weight excluding hydrogens is 436 g/mol. The Morgan fingerprint density at radius 2 is 1.62 bits per heavy atom. The lowest BCUT2D eigenvalue weighted by Gasteiger charge is -2.28. The molecule has 0 saturated heterocycles. The Hall–Kier alpha value is -4.26. The summed E-state index contributed by atoms with van der Waals surface area (Å²) < 4.78 is 28.2. The van der Waals surface area contributed by atoms with Crippen molar-refractivity contribution in [3.05, 3.63) is 82.6 Å². The second kappa shape index (κ2) is 8.59. The summed E-state index contributed by atoms with van der Waals surface area (Å²) in [6, 6.07) is 16.3. The van der Waals surface area contributed by atoms with Crippen LogP contribution in [0.4, 0.5) is 0 Å². The number of esters is 1. The summed E-state index contributed by atoms with van der Waals surface area (Å²) >= 11 is 0. The lowest BCUT2D eigenvalue weighted by atomic mass is 9.84. The van der Waals surface area contributed by atoms with E-state index in [-0.39, 0.29) is 18.0 Å². The molecule has 3 aromatic rings. The van der Waals surface area contributed by atoms with E-state index >= 15 is 0 Å². The summed E-state index contributed by atoms with van der Waals surface area (Å²) in [4.78, 5) is 25.7. The van der Waals surface area contributed by atoms with Gasteiger partial charge in [-0.2, -0.15) is 0 Å². The molecule has 0 fully saturated rings. The minimum atomic E-state index is -0.482. The number of fused-ring (bicyclic) bond motifs is 3. The third-order valence-corrected chi connectivity index (χ3v) is 5.99. The molecule has 2 heterocycles. The first kappa shape index (κ1) is 21.6. The smallest absolute Gasteiger partial charge is 0.312 e. The number of hydrogen-bond donors (Lipinski definition) is 0. The molecule has 7 heteroatoms. The minimum Gasteiger partial charge on any atom is -0.493 e. The molecule has 2 aliphatic rings. The van der Waals surface area contributed by atoms with Crippen molar-refractivity contribution in [2.75, 3.05) is 21.3 Å². The molecule has 0 N–H and O–H groups in total. The predicted octanol–water partition coefficient (Wildman–Crippen LogP) is 4.77. The number of hydrogen-bond acceptors (Lipinski definition) is 7. The van der Waals surface area contributed by atoms with E-state index < -0.39 is 11.9 Å². The van der Waals surface area contributed by atoms with Crippen LogP contribution in [0.25, 0.3) is 6.08 Å². The van der Waals surface area contributed by atoms with Gasteiger partial charge in [-0.3, -0.25) is 9.59 Å². The van der Waals surface area contributed by atoms with Crippen LogP contribution in [-0.2, 0) is 4.79 Å². The van der Waals surface area contributed by atoms with Crippen molar-refractivity contribution in [2.45, 2.75) is 12.3 Å². The fourth-order valence-electron chi connectivity index (χ4n) is 4.47. The fourth-order valence-corrected chi connectivity index (χ4v) is 4.47. The highest BCUT2D eigenvalue weighted by Crippen LogP contribution is 2.52. The molecule has 0 amide bonds. The van der Waals surface area contributed by atoms with Crippen LogP contribution < -0.4 is 23.7 Å². The van der Waals surface area contributed by atoms with Crippen LogP contribution in [0.1, 0.15) is 39.4 Å². The first-order chi connectivity index (χ1) is 16.5. The summed E-state index contributed by atoms with van der Waals surface area (Å²) in [5.41, 5.74) is 2.58. The molecule has 0 aliphatic carbocycles. The van der Waals surface area contributed by atoms with Crippen molar-refractivity contribution in [1.82, 2.24) is 0 Å². The topological polar surface area (TPSA) is 80.3 Å². The molecule has 0 radical (unpaired) electrons. The third kappa shape index (κ3) is 3.46.